The third kappa shape index (κ3) is 5.80. The van der Waals surface area contributed by atoms with Crippen LogP contribution < -0.4 is 0 Å². The second-order valence-electron chi connectivity index (χ2n) is 5.11. The molecule has 0 saturated carbocycles. The molecule has 0 aromatic heterocycles. The monoisotopic (exact) mass is 340 g/mol. The Kier molecular flexibility index (Phi) is 7.19. The predicted octanol–water partition coefficient (Wildman–Crippen LogP) is 1.45. The Hall–Kier alpha value is 0.610. The van der Waals surface area contributed by atoms with E-state index in [1.807, 2.05) is 0 Å². The maximum absolute atomic E-state index is 9.51. The lowest BCUT2D eigenvalue weighted by molar-refractivity contribution is 0.146. The van der Waals surface area contributed by atoms with Gasteiger partial charge in [-0.2, -0.15) is 0 Å². The minimum absolute atomic E-state index is 0.125. The summed E-state index contributed by atoms with van der Waals surface area (Å²) < 4.78 is 0.847. The zero-order valence-electron chi connectivity index (χ0n) is 10.5. The molecule has 1 rings (SSSR count). The molecule has 1 aliphatic heterocycles. The lowest BCUT2D eigenvalue weighted by atomic mass is 9.96. The van der Waals surface area contributed by atoms with Gasteiger partial charge >= 0.3 is 0 Å². The third-order valence-corrected chi connectivity index (χ3v) is 4.45. The molecule has 96 valence electrons. The first-order valence-electron chi connectivity index (χ1n) is 6.23. The van der Waals surface area contributed by atoms with Gasteiger partial charge in [-0.25, -0.2) is 0 Å². The molecule has 4 heteroatoms. The number of halogens is 1. The summed E-state index contributed by atoms with van der Waals surface area (Å²) in [6.07, 6.45) is 3.44. The van der Waals surface area contributed by atoms with Crippen LogP contribution in [0.4, 0.5) is 0 Å². The first-order valence-corrected chi connectivity index (χ1v) is 7.75. The number of aliphatic hydroxyl groups excluding tert-OH is 1. The van der Waals surface area contributed by atoms with Crippen molar-refractivity contribution in [2.75, 3.05) is 44.7 Å². The van der Waals surface area contributed by atoms with Crippen molar-refractivity contribution in [2.24, 2.45) is 5.92 Å². The molecule has 16 heavy (non-hydrogen) atoms. The number of nitrogens with zero attached hydrogens (tertiary/aromatic N) is 2. The van der Waals surface area contributed by atoms with Crippen molar-refractivity contribution >= 4 is 22.6 Å². The van der Waals surface area contributed by atoms with Crippen molar-refractivity contribution < 1.29 is 5.11 Å². The second-order valence-corrected chi connectivity index (χ2v) is 5.99. The van der Waals surface area contributed by atoms with Gasteiger partial charge in [-0.1, -0.05) is 22.6 Å². The lowest BCUT2D eigenvalue weighted by Gasteiger charge is -2.31. The van der Waals surface area contributed by atoms with Crippen molar-refractivity contribution in [3.05, 3.63) is 0 Å². The highest BCUT2D eigenvalue weighted by Gasteiger charge is 2.18. The van der Waals surface area contributed by atoms with Crippen LogP contribution >= 0.6 is 22.6 Å². The Morgan fingerprint density at radius 1 is 1.44 bits per heavy atom. The summed E-state index contributed by atoms with van der Waals surface area (Å²) in [6.45, 7) is 4.71. The Morgan fingerprint density at radius 2 is 2.06 bits per heavy atom. The predicted molar refractivity (Wildman–Crippen MR) is 77.2 cm³/mol. The van der Waals surface area contributed by atoms with Gasteiger partial charge in [0.2, 0.25) is 0 Å². The van der Waals surface area contributed by atoms with Crippen LogP contribution in [0.2, 0.25) is 0 Å². The average Bonchev–Trinajstić information content (AvgIpc) is 2.29. The van der Waals surface area contributed by atoms with Gasteiger partial charge < -0.3 is 14.9 Å². The third-order valence-electron chi connectivity index (χ3n) is 3.43. The molecule has 0 amide bonds. The molecule has 0 bridgehead atoms. The number of aliphatic hydroxyl groups is 1. The van der Waals surface area contributed by atoms with E-state index in [2.05, 4.69) is 46.5 Å². The van der Waals surface area contributed by atoms with Crippen LogP contribution in [-0.4, -0.2) is 65.7 Å². The van der Waals surface area contributed by atoms with Crippen LogP contribution in [0.5, 0.6) is 0 Å². The van der Waals surface area contributed by atoms with Crippen molar-refractivity contribution in [3.8, 4) is 0 Å². The fourth-order valence-corrected chi connectivity index (χ4v) is 2.66. The Bertz CT molecular complexity index is 184. The summed E-state index contributed by atoms with van der Waals surface area (Å²) in [4.78, 5) is 4.79. The van der Waals surface area contributed by atoms with Gasteiger partial charge in [0.25, 0.3) is 0 Å². The van der Waals surface area contributed by atoms with E-state index >= 15 is 0 Å². The Labute approximate surface area is 113 Å². The SMILES string of the molecule is CN1CCC(CN(C)CCC(O)CI)CC1. The van der Waals surface area contributed by atoms with E-state index in [0.29, 0.717) is 0 Å². The van der Waals surface area contributed by atoms with Gasteiger partial charge in [-0.15, -0.1) is 0 Å². The lowest BCUT2D eigenvalue weighted by Crippen LogP contribution is -2.36. The first kappa shape index (κ1) is 14.7. The van der Waals surface area contributed by atoms with Crippen molar-refractivity contribution in [2.45, 2.75) is 25.4 Å². The molecule has 1 fully saturated rings. The molecule has 0 aromatic rings. The van der Waals surface area contributed by atoms with Crippen LogP contribution in [0.3, 0.4) is 0 Å². The molecule has 3 nitrogen and oxygen atoms in total. The summed E-state index contributed by atoms with van der Waals surface area (Å²) in [7, 11) is 4.38. The van der Waals surface area contributed by atoms with Crippen LogP contribution in [0.1, 0.15) is 19.3 Å². The average molecular weight is 340 g/mol. The zero-order valence-corrected chi connectivity index (χ0v) is 12.7. The Balaban J connectivity index is 2.11. The molecule has 1 saturated heterocycles. The number of hydrogen-bond acceptors (Lipinski definition) is 3. The smallest absolute Gasteiger partial charge is 0.0641 e. The van der Waals surface area contributed by atoms with E-state index in [0.717, 1.165) is 23.3 Å². The summed E-state index contributed by atoms with van der Waals surface area (Å²) in [5.74, 6) is 0.859. The molecule has 1 aliphatic rings. The molecule has 0 spiro atoms. The summed E-state index contributed by atoms with van der Waals surface area (Å²) in [5, 5.41) is 9.51. The quantitative estimate of drug-likeness (QED) is 0.586. The normalized spacial score (nSPS) is 21.6. The highest BCUT2D eigenvalue weighted by molar-refractivity contribution is 14.1. The van der Waals surface area contributed by atoms with Crippen LogP contribution in [0.15, 0.2) is 0 Å². The van der Waals surface area contributed by atoms with Gasteiger partial charge in [0.05, 0.1) is 6.10 Å². The highest BCUT2D eigenvalue weighted by atomic mass is 127. The molecule has 1 N–H and O–H groups in total. The maximum atomic E-state index is 9.51. The zero-order chi connectivity index (χ0) is 12.0. The van der Waals surface area contributed by atoms with Crippen LogP contribution in [-0.2, 0) is 0 Å². The van der Waals surface area contributed by atoms with Crippen LogP contribution in [0.25, 0.3) is 0 Å². The first-order chi connectivity index (χ1) is 7.61. The van der Waals surface area contributed by atoms with Gasteiger partial charge in [-0.3, -0.25) is 0 Å². The number of piperidine rings is 1. The van der Waals surface area contributed by atoms with Gasteiger partial charge in [0, 0.05) is 17.5 Å². The molecular weight excluding hydrogens is 315 g/mol. The summed E-state index contributed by atoms with van der Waals surface area (Å²) >= 11 is 2.24. The van der Waals surface area contributed by atoms with Gasteiger partial charge in [0.15, 0.2) is 0 Å². The fraction of sp³-hybridized carbons (Fsp3) is 1.00. The minimum Gasteiger partial charge on any atom is -0.392 e. The molecule has 1 heterocycles. The molecule has 0 aliphatic carbocycles. The Morgan fingerprint density at radius 3 is 2.62 bits per heavy atom. The summed E-state index contributed by atoms with van der Waals surface area (Å²) in [6, 6.07) is 0. The standard InChI is InChI=1S/C12H25IN2O/c1-14-6-3-11(4-7-14)10-15(2)8-5-12(16)9-13/h11-12,16H,3-10H2,1-2H3. The van der Waals surface area contributed by atoms with E-state index in [1.54, 1.807) is 0 Å². The second kappa shape index (κ2) is 7.84. The number of likely N-dealkylation sites (tertiary alicyclic amines) is 1. The molecule has 1 atom stereocenters. The molecule has 1 unspecified atom stereocenters. The molecule has 0 aromatic carbocycles. The van der Waals surface area contributed by atoms with Gasteiger partial charge in [-0.05, 0) is 52.4 Å². The van der Waals surface area contributed by atoms with Crippen molar-refractivity contribution in [1.29, 1.82) is 0 Å². The largest absolute Gasteiger partial charge is 0.392 e. The van der Waals surface area contributed by atoms with Gasteiger partial charge in [0.1, 0.15) is 0 Å². The van der Waals surface area contributed by atoms with Crippen LogP contribution in [0, 0.1) is 5.92 Å². The van der Waals surface area contributed by atoms with Crippen molar-refractivity contribution in [1.82, 2.24) is 9.80 Å². The van der Waals surface area contributed by atoms with E-state index in [-0.39, 0.29) is 6.10 Å². The van der Waals surface area contributed by atoms with E-state index in [9.17, 15) is 5.11 Å². The van der Waals surface area contributed by atoms with E-state index in [1.165, 1.54) is 32.5 Å². The molecule has 0 radical (unpaired) electrons. The molecular formula is C12H25IN2O. The topological polar surface area (TPSA) is 26.7 Å². The van der Waals surface area contributed by atoms with E-state index in [4.69, 9.17) is 0 Å². The maximum Gasteiger partial charge on any atom is 0.0641 e. The number of alkyl halides is 1. The van der Waals surface area contributed by atoms with Crippen molar-refractivity contribution in [3.63, 3.8) is 0 Å². The minimum atomic E-state index is -0.125. The highest BCUT2D eigenvalue weighted by Crippen LogP contribution is 2.16. The summed E-state index contributed by atoms with van der Waals surface area (Å²) in [5.41, 5.74) is 0. The fourth-order valence-electron chi connectivity index (χ4n) is 2.22. The number of rotatable bonds is 6. The number of hydrogen-bond donors (Lipinski definition) is 1. The van der Waals surface area contributed by atoms with E-state index < -0.39 is 0 Å².